The van der Waals surface area contributed by atoms with Crippen molar-refractivity contribution in [2.24, 2.45) is 0 Å². The zero-order chi connectivity index (χ0) is 12.2. The lowest BCUT2D eigenvalue weighted by Gasteiger charge is -2.11. The summed E-state index contributed by atoms with van der Waals surface area (Å²) in [5, 5.41) is 0. The van der Waals surface area contributed by atoms with E-state index in [1.165, 1.54) is 31.8 Å². The van der Waals surface area contributed by atoms with E-state index in [1.54, 1.807) is 0 Å². The van der Waals surface area contributed by atoms with Crippen LogP contribution in [0.1, 0.15) is 51.9 Å². The Morgan fingerprint density at radius 3 is 2.56 bits per heavy atom. The van der Waals surface area contributed by atoms with Crippen LogP contribution in [0.25, 0.3) is 0 Å². The van der Waals surface area contributed by atoms with Gasteiger partial charge in [-0.2, -0.15) is 0 Å². The molecule has 16 heavy (non-hydrogen) atoms. The lowest BCUT2D eigenvalue weighted by Crippen LogP contribution is -2.00. The average molecular weight is 242 g/mol. The Hall–Kier alpha value is -0.160. The van der Waals surface area contributed by atoms with E-state index < -0.39 is 0 Å². The van der Waals surface area contributed by atoms with Crippen molar-refractivity contribution in [1.82, 2.24) is 0 Å². The van der Waals surface area contributed by atoms with Crippen LogP contribution in [0.4, 0.5) is 0 Å². The van der Waals surface area contributed by atoms with E-state index in [9.17, 15) is 4.79 Å². The van der Waals surface area contributed by atoms with Gasteiger partial charge in [-0.05, 0) is 31.8 Å². The lowest BCUT2D eigenvalue weighted by atomic mass is 10.2. The van der Waals surface area contributed by atoms with Crippen molar-refractivity contribution in [2.75, 3.05) is 19.0 Å². The summed E-state index contributed by atoms with van der Waals surface area (Å²) in [5.41, 5.74) is 0. The molecule has 0 aromatic rings. The van der Waals surface area contributed by atoms with Gasteiger partial charge < -0.3 is 0 Å². The molecule has 0 saturated carbocycles. The van der Waals surface area contributed by atoms with Gasteiger partial charge in [-0.25, -0.2) is 0 Å². The molecular formula is C14H27OP. The summed E-state index contributed by atoms with van der Waals surface area (Å²) in [6, 6.07) is 0. The summed E-state index contributed by atoms with van der Waals surface area (Å²) in [7, 11) is 0.109. The van der Waals surface area contributed by atoms with E-state index in [4.69, 9.17) is 0 Å². The van der Waals surface area contributed by atoms with E-state index in [1.807, 2.05) is 6.08 Å². The minimum absolute atomic E-state index is 0.109. The molecule has 0 fully saturated rings. The van der Waals surface area contributed by atoms with Gasteiger partial charge in [0.2, 0.25) is 0 Å². The van der Waals surface area contributed by atoms with Crippen LogP contribution in [0.15, 0.2) is 12.7 Å². The summed E-state index contributed by atoms with van der Waals surface area (Å²) in [6.45, 7) is 8.22. The van der Waals surface area contributed by atoms with Crippen LogP contribution in [-0.4, -0.2) is 24.8 Å². The van der Waals surface area contributed by atoms with E-state index >= 15 is 0 Å². The van der Waals surface area contributed by atoms with Crippen LogP contribution in [0.5, 0.6) is 0 Å². The molecule has 0 saturated heterocycles. The highest BCUT2D eigenvalue weighted by atomic mass is 31.1. The molecule has 0 N–H and O–H groups in total. The molecule has 0 rings (SSSR count). The molecule has 0 bridgehead atoms. The summed E-state index contributed by atoms with van der Waals surface area (Å²) < 4.78 is 0. The first kappa shape index (κ1) is 15.8. The number of hydrogen-bond donors (Lipinski definition) is 0. The molecule has 0 spiro atoms. The van der Waals surface area contributed by atoms with Gasteiger partial charge in [-0.1, -0.05) is 32.3 Å². The highest BCUT2D eigenvalue weighted by Crippen LogP contribution is 2.32. The highest BCUT2D eigenvalue weighted by Gasteiger charge is 2.05. The second-order valence-corrected chi connectivity index (χ2v) is 7.09. The van der Waals surface area contributed by atoms with Gasteiger partial charge in [0.05, 0.1) is 0 Å². The topological polar surface area (TPSA) is 17.1 Å². The van der Waals surface area contributed by atoms with Crippen molar-refractivity contribution in [3.8, 4) is 0 Å². The third-order valence-electron chi connectivity index (χ3n) is 2.79. The van der Waals surface area contributed by atoms with Crippen LogP contribution in [0, 0.1) is 0 Å². The van der Waals surface area contributed by atoms with E-state index in [0.717, 1.165) is 19.0 Å². The Morgan fingerprint density at radius 1 is 1.19 bits per heavy atom. The Labute approximate surface area is 102 Å². The predicted octanol–water partition coefficient (Wildman–Crippen LogP) is 4.60. The molecule has 0 aliphatic rings. The van der Waals surface area contributed by atoms with E-state index in [2.05, 4.69) is 20.2 Å². The fourth-order valence-corrected chi connectivity index (χ4v) is 3.24. The maximum absolute atomic E-state index is 11.4. The number of hydrogen-bond acceptors (Lipinski definition) is 1. The Kier molecular flexibility index (Phi) is 11.2. The van der Waals surface area contributed by atoms with Crippen molar-refractivity contribution in [2.45, 2.75) is 51.9 Å². The van der Waals surface area contributed by atoms with E-state index in [-0.39, 0.29) is 7.92 Å². The van der Waals surface area contributed by atoms with Crippen LogP contribution in [-0.2, 0) is 4.79 Å². The van der Waals surface area contributed by atoms with Crippen LogP contribution < -0.4 is 0 Å². The Balaban J connectivity index is 3.38. The number of Topliss-reactive ketones (excluding diaryl/α,β-unsaturated/α-hetero) is 1. The summed E-state index contributed by atoms with van der Waals surface area (Å²) in [5.74, 6) is 0.419. The van der Waals surface area contributed by atoms with Crippen molar-refractivity contribution in [1.29, 1.82) is 0 Å². The zero-order valence-electron chi connectivity index (χ0n) is 11.0. The van der Waals surface area contributed by atoms with Crippen molar-refractivity contribution >= 4 is 13.7 Å². The molecule has 0 amide bonds. The third-order valence-corrected chi connectivity index (χ3v) is 4.86. The number of ketones is 1. The SMILES string of the molecule is C=CCCC(=O)CCP(C)CCCCCC. The molecule has 1 atom stereocenters. The highest BCUT2D eigenvalue weighted by molar-refractivity contribution is 7.56. The first-order valence-corrected chi connectivity index (χ1v) is 8.67. The zero-order valence-corrected chi connectivity index (χ0v) is 11.9. The van der Waals surface area contributed by atoms with Crippen LogP contribution in [0.2, 0.25) is 0 Å². The normalized spacial score (nSPS) is 12.4. The quantitative estimate of drug-likeness (QED) is 0.294. The molecule has 0 aromatic heterocycles. The van der Waals surface area contributed by atoms with Gasteiger partial charge in [0, 0.05) is 12.8 Å². The molecule has 2 heteroatoms. The predicted molar refractivity (Wildman–Crippen MR) is 75.8 cm³/mol. The maximum Gasteiger partial charge on any atom is 0.133 e. The molecule has 0 aromatic carbocycles. The molecule has 0 aliphatic carbocycles. The first-order valence-electron chi connectivity index (χ1n) is 6.51. The molecule has 1 nitrogen and oxygen atoms in total. The second kappa shape index (κ2) is 11.3. The Morgan fingerprint density at radius 2 is 1.94 bits per heavy atom. The number of unbranched alkanes of at least 4 members (excludes halogenated alkanes) is 3. The van der Waals surface area contributed by atoms with Gasteiger partial charge in [-0.15, -0.1) is 14.5 Å². The third kappa shape index (κ3) is 10.4. The molecule has 0 radical (unpaired) electrons. The monoisotopic (exact) mass is 242 g/mol. The molecule has 0 heterocycles. The summed E-state index contributed by atoms with van der Waals surface area (Å²) >= 11 is 0. The van der Waals surface area contributed by atoms with Gasteiger partial charge in [0.15, 0.2) is 0 Å². The summed E-state index contributed by atoms with van der Waals surface area (Å²) in [4.78, 5) is 11.4. The standard InChI is InChI=1S/C14H27OP/c1-4-6-8-9-12-16(3)13-11-14(15)10-7-5-2/h5H,2,4,6-13H2,1,3H3. The largest absolute Gasteiger partial charge is 0.300 e. The minimum Gasteiger partial charge on any atom is -0.300 e. The Bertz CT molecular complexity index is 189. The van der Waals surface area contributed by atoms with Crippen LogP contribution in [0.3, 0.4) is 0 Å². The van der Waals surface area contributed by atoms with Crippen molar-refractivity contribution in [3.05, 3.63) is 12.7 Å². The minimum atomic E-state index is 0.109. The lowest BCUT2D eigenvalue weighted by molar-refractivity contribution is -0.118. The number of carbonyl (C=O) groups is 1. The molecular weight excluding hydrogens is 215 g/mol. The molecule has 94 valence electrons. The van der Waals surface area contributed by atoms with Gasteiger partial charge in [-0.3, -0.25) is 4.79 Å². The summed E-state index contributed by atoms with van der Waals surface area (Å²) in [6.07, 6.45) is 12.1. The van der Waals surface area contributed by atoms with Crippen LogP contribution >= 0.6 is 7.92 Å². The number of carbonyl (C=O) groups excluding carboxylic acids is 1. The fraction of sp³-hybridized carbons (Fsp3) is 0.786. The number of allylic oxidation sites excluding steroid dienone is 1. The van der Waals surface area contributed by atoms with E-state index in [0.29, 0.717) is 12.2 Å². The van der Waals surface area contributed by atoms with Gasteiger partial charge >= 0.3 is 0 Å². The second-order valence-electron chi connectivity index (χ2n) is 4.48. The van der Waals surface area contributed by atoms with Gasteiger partial charge in [0.1, 0.15) is 5.78 Å². The van der Waals surface area contributed by atoms with Crippen molar-refractivity contribution in [3.63, 3.8) is 0 Å². The average Bonchev–Trinajstić information content (AvgIpc) is 2.29. The number of rotatable bonds is 11. The fourth-order valence-electron chi connectivity index (χ4n) is 1.62. The van der Waals surface area contributed by atoms with Gasteiger partial charge in [0.25, 0.3) is 0 Å². The molecule has 0 aliphatic heterocycles. The molecule has 1 unspecified atom stereocenters. The smallest absolute Gasteiger partial charge is 0.133 e. The van der Waals surface area contributed by atoms with Crippen molar-refractivity contribution < 1.29 is 4.79 Å². The first-order chi connectivity index (χ1) is 7.70. The maximum atomic E-state index is 11.4.